The monoisotopic (exact) mass is 666 g/mol. The zero-order valence-electron chi connectivity index (χ0n) is 25.5. The number of carbonyl (C=O) groups is 1. The largest absolute Gasteiger partial charge is 0.481 e. The smallest absolute Gasteiger partial charge is 0.304 e. The molecule has 2 aliphatic heterocycles. The van der Waals surface area contributed by atoms with E-state index in [-0.39, 0.29) is 48.1 Å². The lowest BCUT2D eigenvalue weighted by Crippen LogP contribution is -2.45. The number of anilines is 1. The summed E-state index contributed by atoms with van der Waals surface area (Å²) in [4.78, 5) is 18.9. The van der Waals surface area contributed by atoms with Crippen molar-refractivity contribution < 1.29 is 27.1 Å². The number of hydrogen-bond donors (Lipinski definition) is 1. The molecule has 3 aliphatic rings. The van der Waals surface area contributed by atoms with Crippen LogP contribution in [0.15, 0.2) is 53.6 Å². The maximum absolute atomic E-state index is 14.8. The Bertz CT molecular complexity index is 1910. The fourth-order valence-electron chi connectivity index (χ4n) is 7.03. The summed E-state index contributed by atoms with van der Waals surface area (Å²) in [5.41, 5.74) is 2.46. The first-order chi connectivity index (χ1) is 22.1. The van der Waals surface area contributed by atoms with Crippen molar-refractivity contribution >= 4 is 32.8 Å². The van der Waals surface area contributed by atoms with Crippen LogP contribution in [-0.4, -0.2) is 62.9 Å². The quantitative estimate of drug-likeness (QED) is 0.221. The van der Waals surface area contributed by atoms with E-state index in [0.29, 0.717) is 34.9 Å². The van der Waals surface area contributed by atoms with Crippen molar-refractivity contribution in [2.45, 2.75) is 89.2 Å². The van der Waals surface area contributed by atoms with Crippen LogP contribution in [0.25, 0.3) is 11.0 Å². The summed E-state index contributed by atoms with van der Waals surface area (Å²) in [7, 11) is -3.92. The van der Waals surface area contributed by atoms with Crippen molar-refractivity contribution in [2.75, 3.05) is 18.0 Å². The molecule has 2 aromatic heterocycles. The first-order valence-electron chi connectivity index (χ1n) is 15.8. The Morgan fingerprint density at radius 2 is 1.91 bits per heavy atom. The number of halogens is 2. The van der Waals surface area contributed by atoms with Crippen molar-refractivity contribution in [3.8, 4) is 0 Å². The highest BCUT2D eigenvalue weighted by atomic mass is 32.2. The number of hydrogen-bond acceptors (Lipinski definition) is 7. The Kier molecular flexibility index (Phi) is 9.05. The van der Waals surface area contributed by atoms with Crippen LogP contribution in [0.4, 0.5) is 14.6 Å². The van der Waals surface area contributed by atoms with Gasteiger partial charge in [-0.15, -0.1) is 5.10 Å². The lowest BCUT2D eigenvalue weighted by Gasteiger charge is -2.36. The number of aromatic nitrogens is 4. The van der Waals surface area contributed by atoms with E-state index in [0.717, 1.165) is 44.2 Å². The molecule has 2 aromatic carbocycles. The molecule has 4 heterocycles. The van der Waals surface area contributed by atoms with E-state index < -0.39 is 34.8 Å². The molecule has 13 heteroatoms. The number of sulfonamides is 1. The van der Waals surface area contributed by atoms with Crippen molar-refractivity contribution in [3.05, 3.63) is 76.5 Å². The second kappa shape index (κ2) is 12.9. The number of benzene rings is 2. The topological polar surface area (TPSA) is 122 Å². The maximum Gasteiger partial charge on any atom is 0.304 e. The predicted molar refractivity (Wildman–Crippen MR) is 174 cm³/mol. The van der Waals surface area contributed by atoms with Gasteiger partial charge in [0, 0.05) is 44.3 Å². The van der Waals surface area contributed by atoms with Gasteiger partial charge in [0.05, 0.1) is 17.5 Å². The van der Waals surface area contributed by atoms with Crippen LogP contribution in [-0.2, 0) is 27.9 Å². The third-order valence-corrected chi connectivity index (χ3v) is 11.5. The maximum atomic E-state index is 14.8. The second-order valence-electron chi connectivity index (χ2n) is 12.8. The third kappa shape index (κ3) is 6.22. The van der Waals surface area contributed by atoms with Gasteiger partial charge in [-0.25, -0.2) is 26.9 Å². The fourth-order valence-corrected chi connectivity index (χ4v) is 8.63. The van der Waals surface area contributed by atoms with Gasteiger partial charge in [-0.3, -0.25) is 4.79 Å². The minimum atomic E-state index is -3.92. The summed E-state index contributed by atoms with van der Waals surface area (Å²) in [5, 5.41) is 18.2. The summed E-state index contributed by atoms with van der Waals surface area (Å²) >= 11 is 0. The van der Waals surface area contributed by atoms with Gasteiger partial charge < -0.3 is 10.0 Å². The SMILES string of the molecule is C.Cc1ccc([C@H](CC(=O)O)c2ccc3c(nnn3CC3CC3)c2C(F)F)cc1CN1C[C@@H]2CCCCN2c2ncccc2S1(=O)=O. The number of rotatable bonds is 9. The molecule has 4 aromatic rings. The van der Waals surface area contributed by atoms with Gasteiger partial charge in [0.15, 0.2) is 0 Å². The number of carboxylic acids is 1. The average Bonchev–Trinajstić information content (AvgIpc) is 3.78. The molecule has 1 saturated carbocycles. The van der Waals surface area contributed by atoms with Crippen LogP contribution in [0.1, 0.15) is 86.1 Å². The van der Waals surface area contributed by atoms with Crippen molar-refractivity contribution in [2.24, 2.45) is 5.92 Å². The van der Waals surface area contributed by atoms with E-state index in [4.69, 9.17) is 0 Å². The Labute approximate surface area is 273 Å². The van der Waals surface area contributed by atoms with Crippen molar-refractivity contribution in [1.29, 1.82) is 0 Å². The van der Waals surface area contributed by atoms with Gasteiger partial charge in [-0.05, 0) is 85.4 Å². The number of fused-ring (bicyclic) bond motifs is 4. The number of aliphatic carboxylic acids is 1. The molecule has 10 nitrogen and oxygen atoms in total. The molecule has 1 saturated heterocycles. The molecule has 2 fully saturated rings. The van der Waals surface area contributed by atoms with Gasteiger partial charge in [0.2, 0.25) is 10.0 Å². The van der Waals surface area contributed by atoms with E-state index in [1.807, 2.05) is 6.92 Å². The van der Waals surface area contributed by atoms with Crippen LogP contribution in [0.5, 0.6) is 0 Å². The van der Waals surface area contributed by atoms with Gasteiger partial charge in [0.1, 0.15) is 16.2 Å². The zero-order chi connectivity index (χ0) is 32.2. The lowest BCUT2D eigenvalue weighted by molar-refractivity contribution is -0.137. The standard InChI is InChI=1S/C33H36F2N6O4S.CH4/c1-20-7-10-22(15-23(20)18-39-19-24-5-2-3-14-40(24)33-28(46(39,44)45)6-4-13-36-33)26(16-29(42)43)25-11-12-27-31(30(25)32(34)35)37-38-41(27)17-21-8-9-21;/h4,6-7,10-13,15,21,24,26,32H,2-3,5,8-9,14,16-19H2,1H3,(H,42,43);1H4/t24-,26-;/m0./s1. The molecule has 2 atom stereocenters. The van der Waals surface area contributed by atoms with Crippen LogP contribution in [0.3, 0.4) is 0 Å². The molecular formula is C34H40F2N6O4S. The first-order valence-corrected chi connectivity index (χ1v) is 17.2. The Morgan fingerprint density at radius 1 is 1.11 bits per heavy atom. The van der Waals surface area contributed by atoms with Crippen LogP contribution < -0.4 is 4.90 Å². The van der Waals surface area contributed by atoms with E-state index in [1.54, 1.807) is 53.3 Å². The molecule has 0 radical (unpaired) electrons. The first kappa shape index (κ1) is 33.0. The molecule has 7 rings (SSSR count). The molecule has 1 aliphatic carbocycles. The number of carboxylic acid groups (broad SMARTS) is 1. The highest BCUT2D eigenvalue weighted by Gasteiger charge is 2.39. The predicted octanol–water partition coefficient (Wildman–Crippen LogP) is 6.29. The van der Waals surface area contributed by atoms with Gasteiger partial charge in [0.25, 0.3) is 6.43 Å². The van der Waals surface area contributed by atoms with Crippen LogP contribution in [0.2, 0.25) is 0 Å². The molecule has 1 N–H and O–H groups in total. The van der Waals surface area contributed by atoms with Gasteiger partial charge in [-0.1, -0.05) is 36.9 Å². The second-order valence-corrected chi connectivity index (χ2v) is 14.7. The highest BCUT2D eigenvalue weighted by molar-refractivity contribution is 7.89. The number of piperidine rings is 1. The van der Waals surface area contributed by atoms with E-state index >= 15 is 0 Å². The lowest BCUT2D eigenvalue weighted by atomic mass is 9.84. The molecule has 47 heavy (non-hydrogen) atoms. The minimum absolute atomic E-state index is 0. The van der Waals surface area contributed by atoms with Crippen molar-refractivity contribution in [3.63, 3.8) is 0 Å². The number of alkyl halides is 2. The highest BCUT2D eigenvalue weighted by Crippen LogP contribution is 2.41. The third-order valence-electron chi connectivity index (χ3n) is 9.67. The molecule has 0 spiro atoms. The molecular weight excluding hydrogens is 626 g/mol. The summed E-state index contributed by atoms with van der Waals surface area (Å²) in [6.07, 6.45) is 3.21. The molecule has 250 valence electrons. The molecule has 0 unspecified atom stereocenters. The number of pyridine rings is 1. The van der Waals surface area contributed by atoms with Crippen LogP contribution >= 0.6 is 0 Å². The summed E-state index contributed by atoms with van der Waals surface area (Å²) < 4.78 is 60.8. The molecule has 0 bridgehead atoms. The Balaban J connectivity index is 0.00000386. The summed E-state index contributed by atoms with van der Waals surface area (Å²) in [6, 6.07) is 11.8. The van der Waals surface area contributed by atoms with Gasteiger partial charge in [-0.2, -0.15) is 4.31 Å². The number of aryl methyl sites for hydroxylation is 1. The molecule has 0 amide bonds. The normalized spacial score (nSPS) is 19.9. The van der Waals surface area contributed by atoms with E-state index in [1.165, 1.54) is 4.31 Å². The zero-order valence-corrected chi connectivity index (χ0v) is 26.3. The van der Waals surface area contributed by atoms with E-state index in [9.17, 15) is 27.1 Å². The van der Waals surface area contributed by atoms with Crippen molar-refractivity contribution in [1.82, 2.24) is 24.3 Å². The Morgan fingerprint density at radius 3 is 2.66 bits per heavy atom. The number of nitrogens with zero attached hydrogens (tertiary/aromatic N) is 6. The Hall–Kier alpha value is -3.97. The average molecular weight is 667 g/mol. The summed E-state index contributed by atoms with van der Waals surface area (Å²) in [5.74, 6) is -1.12. The van der Waals surface area contributed by atoms with Gasteiger partial charge >= 0.3 is 5.97 Å². The van der Waals surface area contributed by atoms with Crippen LogP contribution in [0, 0.1) is 12.8 Å². The summed E-state index contributed by atoms with van der Waals surface area (Å²) in [6.45, 7) is 3.54. The fraction of sp³-hybridized carbons (Fsp3) is 0.471. The van der Waals surface area contributed by atoms with E-state index in [2.05, 4.69) is 20.2 Å². The minimum Gasteiger partial charge on any atom is -0.481 e.